The number of hydrogen-bond donors (Lipinski definition) is 1. The van der Waals surface area contributed by atoms with Crippen LogP contribution in [0.15, 0.2) is 24.4 Å². The van der Waals surface area contributed by atoms with Gasteiger partial charge in [-0.25, -0.2) is 4.39 Å². The molecule has 98 valence electrons. The molecule has 1 saturated heterocycles. The van der Waals surface area contributed by atoms with E-state index in [-0.39, 0.29) is 11.7 Å². The van der Waals surface area contributed by atoms with Crippen LogP contribution in [0.25, 0.3) is 10.9 Å². The first-order valence-electron chi connectivity index (χ1n) is 5.80. The summed E-state index contributed by atoms with van der Waals surface area (Å²) in [6.45, 7) is 1.06. The molecule has 0 saturated carbocycles. The standard InChI is InChI=1S/C12H11FN4O2/c13-9-4-10(17(18)19)8-2-1-3-15-11(8)12(9)16-5-7(14)6-16/h1-4,7H,5-6,14H2. The lowest BCUT2D eigenvalue weighted by Gasteiger charge is -2.39. The van der Waals surface area contributed by atoms with Crippen molar-refractivity contribution in [2.45, 2.75) is 6.04 Å². The molecule has 1 aliphatic rings. The van der Waals surface area contributed by atoms with Gasteiger partial charge >= 0.3 is 0 Å². The predicted molar refractivity (Wildman–Crippen MR) is 68.5 cm³/mol. The Bertz CT molecular complexity index is 670. The molecule has 1 aromatic heterocycles. The van der Waals surface area contributed by atoms with Crippen LogP contribution in [0.5, 0.6) is 0 Å². The van der Waals surface area contributed by atoms with Gasteiger partial charge < -0.3 is 10.6 Å². The highest BCUT2D eigenvalue weighted by Gasteiger charge is 2.30. The number of non-ortho nitro benzene ring substituents is 1. The second-order valence-electron chi connectivity index (χ2n) is 4.55. The molecule has 1 aliphatic heterocycles. The monoisotopic (exact) mass is 262 g/mol. The number of pyridine rings is 1. The fourth-order valence-corrected chi connectivity index (χ4v) is 2.33. The largest absolute Gasteiger partial charge is 0.364 e. The van der Waals surface area contributed by atoms with Crippen molar-refractivity contribution in [3.63, 3.8) is 0 Å². The van der Waals surface area contributed by atoms with Crippen LogP contribution in [-0.4, -0.2) is 29.0 Å². The number of nitrogens with two attached hydrogens (primary N) is 1. The van der Waals surface area contributed by atoms with Gasteiger partial charge in [-0.3, -0.25) is 15.1 Å². The molecule has 2 heterocycles. The molecule has 0 bridgehead atoms. The van der Waals surface area contributed by atoms with Gasteiger partial charge in [0, 0.05) is 25.3 Å². The fraction of sp³-hybridized carbons (Fsp3) is 0.250. The van der Waals surface area contributed by atoms with Gasteiger partial charge in [-0.15, -0.1) is 0 Å². The van der Waals surface area contributed by atoms with Crippen LogP contribution in [0.2, 0.25) is 0 Å². The lowest BCUT2D eigenvalue weighted by Crippen LogP contribution is -2.56. The average molecular weight is 262 g/mol. The van der Waals surface area contributed by atoms with Crippen LogP contribution < -0.4 is 10.6 Å². The maximum atomic E-state index is 14.1. The van der Waals surface area contributed by atoms with Crippen molar-refractivity contribution in [3.8, 4) is 0 Å². The third kappa shape index (κ3) is 1.78. The molecule has 19 heavy (non-hydrogen) atoms. The first-order valence-corrected chi connectivity index (χ1v) is 5.80. The molecule has 2 N–H and O–H groups in total. The fourth-order valence-electron chi connectivity index (χ4n) is 2.33. The highest BCUT2D eigenvalue weighted by atomic mass is 19.1. The molecule has 0 aliphatic carbocycles. The maximum Gasteiger partial charge on any atom is 0.281 e. The molecule has 2 aromatic rings. The van der Waals surface area contributed by atoms with Crippen molar-refractivity contribution >= 4 is 22.3 Å². The van der Waals surface area contributed by atoms with E-state index < -0.39 is 10.7 Å². The zero-order chi connectivity index (χ0) is 13.6. The zero-order valence-corrected chi connectivity index (χ0v) is 9.91. The summed E-state index contributed by atoms with van der Waals surface area (Å²) in [7, 11) is 0. The Labute approximate surface area is 107 Å². The summed E-state index contributed by atoms with van der Waals surface area (Å²) in [5.74, 6) is -0.634. The van der Waals surface area contributed by atoms with Crippen molar-refractivity contribution < 1.29 is 9.31 Å². The lowest BCUT2D eigenvalue weighted by atomic mass is 10.1. The van der Waals surface area contributed by atoms with Gasteiger partial charge in [0.1, 0.15) is 11.2 Å². The van der Waals surface area contributed by atoms with E-state index in [4.69, 9.17) is 5.73 Å². The number of aromatic nitrogens is 1. The smallest absolute Gasteiger partial charge is 0.281 e. The van der Waals surface area contributed by atoms with Crippen LogP contribution in [0.4, 0.5) is 15.8 Å². The molecule has 3 rings (SSSR count). The van der Waals surface area contributed by atoms with Gasteiger partial charge in [0.2, 0.25) is 0 Å². The number of anilines is 1. The summed E-state index contributed by atoms with van der Waals surface area (Å²) in [6, 6.07) is 4.12. The van der Waals surface area contributed by atoms with E-state index in [0.717, 1.165) is 6.07 Å². The summed E-state index contributed by atoms with van der Waals surface area (Å²) in [6.07, 6.45) is 1.49. The average Bonchev–Trinajstić information content (AvgIpc) is 2.35. The van der Waals surface area contributed by atoms with Crippen LogP contribution in [-0.2, 0) is 0 Å². The number of benzene rings is 1. The Morgan fingerprint density at radius 1 is 1.53 bits per heavy atom. The van der Waals surface area contributed by atoms with Gasteiger partial charge in [0.25, 0.3) is 5.69 Å². The zero-order valence-electron chi connectivity index (χ0n) is 9.91. The first kappa shape index (κ1) is 11.8. The summed E-state index contributed by atoms with van der Waals surface area (Å²) in [5, 5.41) is 11.3. The Balaban J connectivity index is 2.25. The topological polar surface area (TPSA) is 85.3 Å². The molecule has 0 radical (unpaired) electrons. The predicted octanol–water partition coefficient (Wildman–Crippen LogP) is 1.43. The highest BCUT2D eigenvalue weighted by molar-refractivity contribution is 5.97. The minimum absolute atomic E-state index is 0.00774. The Hall–Kier alpha value is -2.28. The van der Waals surface area contributed by atoms with Crippen molar-refractivity contribution in [1.82, 2.24) is 4.98 Å². The molecule has 6 nitrogen and oxygen atoms in total. The van der Waals surface area contributed by atoms with E-state index in [9.17, 15) is 14.5 Å². The second kappa shape index (κ2) is 4.13. The Kier molecular flexibility index (Phi) is 2.56. The number of fused-ring (bicyclic) bond motifs is 1. The Morgan fingerprint density at radius 3 is 2.89 bits per heavy atom. The second-order valence-corrected chi connectivity index (χ2v) is 4.55. The maximum absolute atomic E-state index is 14.1. The van der Waals surface area contributed by atoms with Crippen LogP contribution in [0.3, 0.4) is 0 Å². The summed E-state index contributed by atoms with van der Waals surface area (Å²) in [5.41, 5.74) is 6.02. The molecule has 1 aromatic carbocycles. The molecular weight excluding hydrogens is 251 g/mol. The van der Waals surface area contributed by atoms with Crippen LogP contribution in [0, 0.1) is 15.9 Å². The summed E-state index contributed by atoms with van der Waals surface area (Å²) < 4.78 is 14.1. The molecular formula is C12H11FN4O2. The number of nitro benzene ring substituents is 1. The van der Waals surface area contributed by atoms with Gasteiger partial charge in [0.15, 0.2) is 5.82 Å². The van der Waals surface area contributed by atoms with Crippen molar-refractivity contribution in [2.24, 2.45) is 5.73 Å². The van der Waals surface area contributed by atoms with Gasteiger partial charge in [-0.05, 0) is 12.1 Å². The van der Waals surface area contributed by atoms with E-state index in [1.165, 1.54) is 6.20 Å². The number of halogens is 1. The third-order valence-corrected chi connectivity index (χ3v) is 3.22. The first-order chi connectivity index (χ1) is 9.08. The molecule has 0 amide bonds. The Morgan fingerprint density at radius 2 is 2.26 bits per heavy atom. The number of hydrogen-bond acceptors (Lipinski definition) is 5. The minimum atomic E-state index is -0.634. The third-order valence-electron chi connectivity index (χ3n) is 3.22. The quantitative estimate of drug-likeness (QED) is 0.653. The number of nitrogens with zero attached hydrogens (tertiary/aromatic N) is 3. The highest BCUT2D eigenvalue weighted by Crippen LogP contribution is 2.36. The van der Waals surface area contributed by atoms with Crippen molar-refractivity contribution in [3.05, 3.63) is 40.3 Å². The molecule has 1 fully saturated rings. The van der Waals surface area contributed by atoms with Gasteiger partial charge in [-0.2, -0.15) is 0 Å². The van der Waals surface area contributed by atoms with Gasteiger partial charge in [0.05, 0.1) is 16.4 Å². The summed E-state index contributed by atoms with van der Waals surface area (Å²) in [4.78, 5) is 16.2. The van der Waals surface area contributed by atoms with E-state index >= 15 is 0 Å². The van der Waals surface area contributed by atoms with E-state index in [0.29, 0.717) is 29.7 Å². The molecule has 0 unspecified atom stereocenters. The molecule has 0 atom stereocenters. The van der Waals surface area contributed by atoms with Crippen LogP contribution >= 0.6 is 0 Å². The van der Waals surface area contributed by atoms with Crippen molar-refractivity contribution in [1.29, 1.82) is 0 Å². The van der Waals surface area contributed by atoms with Gasteiger partial charge in [-0.1, -0.05) is 0 Å². The number of nitro groups is 1. The van der Waals surface area contributed by atoms with Crippen LogP contribution in [0.1, 0.15) is 0 Å². The van der Waals surface area contributed by atoms with E-state index in [2.05, 4.69) is 4.98 Å². The van der Waals surface area contributed by atoms with Crippen molar-refractivity contribution in [2.75, 3.05) is 18.0 Å². The summed E-state index contributed by atoms with van der Waals surface area (Å²) >= 11 is 0. The molecule has 0 spiro atoms. The number of rotatable bonds is 2. The van der Waals surface area contributed by atoms with E-state index in [1.807, 2.05) is 0 Å². The normalized spacial score (nSPS) is 15.6. The SMILES string of the molecule is NC1CN(c2c(F)cc([N+](=O)[O-])c3cccnc23)C1. The lowest BCUT2D eigenvalue weighted by molar-refractivity contribution is -0.383. The molecule has 7 heteroatoms. The minimum Gasteiger partial charge on any atom is -0.364 e. The van der Waals surface area contributed by atoms with E-state index in [1.54, 1.807) is 17.0 Å².